The van der Waals surface area contributed by atoms with Crippen molar-refractivity contribution in [1.82, 2.24) is 15.0 Å². The summed E-state index contributed by atoms with van der Waals surface area (Å²) in [7, 11) is 1.52. The number of carbonyl (C=O) groups is 1. The van der Waals surface area contributed by atoms with Gasteiger partial charge in [0.2, 0.25) is 5.88 Å². The van der Waals surface area contributed by atoms with Crippen LogP contribution in [0.3, 0.4) is 0 Å². The molecule has 10 heteroatoms. The topological polar surface area (TPSA) is 144 Å². The number of nitrogens with two attached hydrogens (primary N) is 2. The summed E-state index contributed by atoms with van der Waals surface area (Å²) in [5.41, 5.74) is 12.8. The van der Waals surface area contributed by atoms with Crippen LogP contribution in [0.5, 0.6) is 5.88 Å². The van der Waals surface area contributed by atoms with Gasteiger partial charge in [-0.1, -0.05) is 12.8 Å². The molecule has 1 amide bonds. The van der Waals surface area contributed by atoms with Crippen LogP contribution >= 0.6 is 0 Å². The van der Waals surface area contributed by atoms with Crippen LogP contribution in [0.15, 0.2) is 24.5 Å². The molecule has 0 unspecified atom stereocenters. The van der Waals surface area contributed by atoms with Gasteiger partial charge in [0.25, 0.3) is 5.91 Å². The number of nitrogens with zero attached hydrogens (tertiary/aromatic N) is 2. The highest BCUT2D eigenvalue weighted by Crippen LogP contribution is 2.32. The van der Waals surface area contributed by atoms with Crippen molar-refractivity contribution < 1.29 is 13.9 Å². The molecule has 1 aliphatic rings. The van der Waals surface area contributed by atoms with Gasteiger partial charge in [0.15, 0.2) is 11.6 Å². The van der Waals surface area contributed by atoms with E-state index in [1.54, 1.807) is 12.4 Å². The molecule has 30 heavy (non-hydrogen) atoms. The van der Waals surface area contributed by atoms with Crippen LogP contribution in [0.1, 0.15) is 36.0 Å². The third-order valence-electron chi connectivity index (χ3n) is 5.39. The average Bonchev–Trinajstić information content (AvgIpc) is 3.22. The fraction of sp³-hybridized carbons (Fsp3) is 0.350. The molecule has 158 valence electrons. The fourth-order valence-electron chi connectivity index (χ4n) is 3.80. The van der Waals surface area contributed by atoms with Gasteiger partial charge in [-0.15, -0.1) is 0 Å². The first-order chi connectivity index (χ1) is 14.5. The molecule has 1 saturated carbocycles. The van der Waals surface area contributed by atoms with E-state index in [1.165, 1.54) is 7.11 Å². The Morgan fingerprint density at radius 3 is 2.87 bits per heavy atom. The zero-order valence-electron chi connectivity index (χ0n) is 16.5. The maximum absolute atomic E-state index is 14.7. The Balaban J connectivity index is 1.71. The molecule has 3 aromatic rings. The highest BCUT2D eigenvalue weighted by molar-refractivity contribution is 6.01. The van der Waals surface area contributed by atoms with Crippen LogP contribution in [0.4, 0.5) is 21.7 Å². The first-order valence-electron chi connectivity index (χ1n) is 9.77. The molecular formula is C20H24FN7O2. The number of H-pyrrole nitrogens is 1. The van der Waals surface area contributed by atoms with Crippen molar-refractivity contribution in [3.8, 4) is 5.88 Å². The second kappa shape index (κ2) is 8.15. The number of carbonyl (C=O) groups excluding carboxylic acids is 1. The molecular weight excluding hydrogens is 389 g/mol. The third-order valence-corrected chi connectivity index (χ3v) is 5.39. The summed E-state index contributed by atoms with van der Waals surface area (Å²) in [5.74, 6) is -0.873. The van der Waals surface area contributed by atoms with Crippen molar-refractivity contribution in [2.24, 2.45) is 11.5 Å². The summed E-state index contributed by atoms with van der Waals surface area (Å²) >= 11 is 0. The number of pyridine rings is 2. The van der Waals surface area contributed by atoms with E-state index in [2.05, 4.69) is 25.6 Å². The van der Waals surface area contributed by atoms with Crippen molar-refractivity contribution in [2.45, 2.75) is 37.8 Å². The number of rotatable bonds is 6. The third kappa shape index (κ3) is 3.73. The predicted octanol–water partition coefficient (Wildman–Crippen LogP) is 2.63. The summed E-state index contributed by atoms with van der Waals surface area (Å²) in [6.07, 6.45) is 7.06. The van der Waals surface area contributed by atoms with Gasteiger partial charge in [0.1, 0.15) is 11.3 Å². The Morgan fingerprint density at radius 2 is 2.13 bits per heavy atom. The van der Waals surface area contributed by atoms with E-state index < -0.39 is 11.7 Å². The number of fused-ring (bicyclic) bond motifs is 1. The number of aromatic amines is 1. The average molecular weight is 413 g/mol. The molecule has 4 rings (SSSR count). The number of anilines is 3. The predicted molar refractivity (Wildman–Crippen MR) is 112 cm³/mol. The molecule has 0 aromatic carbocycles. The smallest absolute Gasteiger partial charge is 0.252 e. The SMILES string of the molecule is COc1ncc(Nc2nc(N[C@@H]3CCCC[C@@H]3N)c(F)cc2C(N)=O)c2cc[nH]c12. The molecule has 1 aliphatic carbocycles. The van der Waals surface area contributed by atoms with Crippen molar-refractivity contribution in [1.29, 1.82) is 0 Å². The van der Waals surface area contributed by atoms with E-state index >= 15 is 0 Å². The lowest BCUT2D eigenvalue weighted by Crippen LogP contribution is -2.43. The van der Waals surface area contributed by atoms with E-state index in [-0.39, 0.29) is 29.3 Å². The molecule has 0 spiro atoms. The largest absolute Gasteiger partial charge is 0.479 e. The summed E-state index contributed by atoms with van der Waals surface area (Å²) in [5, 5.41) is 6.93. The Morgan fingerprint density at radius 1 is 1.33 bits per heavy atom. The Hall–Kier alpha value is -3.40. The van der Waals surface area contributed by atoms with Gasteiger partial charge in [-0.05, 0) is 25.0 Å². The summed E-state index contributed by atoms with van der Waals surface area (Å²) in [4.78, 5) is 23.6. The summed E-state index contributed by atoms with van der Waals surface area (Å²) in [6.45, 7) is 0. The number of primary amides is 1. The number of ether oxygens (including phenoxy) is 1. The van der Waals surface area contributed by atoms with E-state index in [0.717, 1.165) is 37.1 Å². The normalized spacial score (nSPS) is 18.9. The van der Waals surface area contributed by atoms with E-state index in [9.17, 15) is 9.18 Å². The van der Waals surface area contributed by atoms with Gasteiger partial charge in [-0.3, -0.25) is 4.79 Å². The summed E-state index contributed by atoms with van der Waals surface area (Å²) < 4.78 is 19.9. The van der Waals surface area contributed by atoms with E-state index in [0.29, 0.717) is 17.1 Å². The Labute approximate surface area is 172 Å². The van der Waals surface area contributed by atoms with Gasteiger partial charge >= 0.3 is 0 Å². The number of halogens is 1. The number of nitrogens with one attached hydrogen (secondary N) is 3. The summed E-state index contributed by atoms with van der Waals surface area (Å²) in [6, 6.07) is 2.74. The Bertz CT molecular complexity index is 1080. The molecule has 0 radical (unpaired) electrons. The van der Waals surface area contributed by atoms with Gasteiger partial charge in [0, 0.05) is 23.7 Å². The van der Waals surface area contributed by atoms with Gasteiger partial charge in [0.05, 0.1) is 24.6 Å². The fourth-order valence-corrected chi connectivity index (χ4v) is 3.80. The standard InChI is InChI=1S/C20H24FN7O2/c1-30-20-16-10(6-7-24-16)15(9-25-20)27-18-11(17(23)29)8-12(21)19(28-18)26-14-5-3-2-4-13(14)22/h6-9,13-14,24H,2-5,22H2,1H3,(H2,23,29)(H2,26,27,28)/t13-,14+/m0/s1. The molecule has 7 N–H and O–H groups in total. The zero-order valence-corrected chi connectivity index (χ0v) is 16.5. The van der Waals surface area contributed by atoms with Crippen molar-refractivity contribution in [3.05, 3.63) is 35.9 Å². The van der Waals surface area contributed by atoms with Gasteiger partial charge < -0.3 is 31.8 Å². The number of methoxy groups -OCH3 is 1. The lowest BCUT2D eigenvalue weighted by atomic mass is 9.91. The molecule has 2 atom stereocenters. The molecule has 0 saturated heterocycles. The van der Waals surface area contributed by atoms with Crippen LogP contribution in [0, 0.1) is 5.82 Å². The highest BCUT2D eigenvalue weighted by Gasteiger charge is 2.24. The number of aromatic nitrogens is 3. The monoisotopic (exact) mass is 413 g/mol. The zero-order chi connectivity index (χ0) is 21.3. The quantitative estimate of drug-likeness (QED) is 0.418. The van der Waals surface area contributed by atoms with Gasteiger partial charge in [-0.25, -0.2) is 14.4 Å². The van der Waals surface area contributed by atoms with E-state index in [1.807, 2.05) is 6.07 Å². The molecule has 3 heterocycles. The van der Waals surface area contributed by atoms with Crippen LogP contribution in [-0.2, 0) is 0 Å². The van der Waals surface area contributed by atoms with Crippen molar-refractivity contribution in [2.75, 3.05) is 17.7 Å². The second-order valence-electron chi connectivity index (χ2n) is 7.35. The first-order valence-corrected chi connectivity index (χ1v) is 9.77. The minimum absolute atomic E-state index is 0.0247. The molecule has 1 fully saturated rings. The van der Waals surface area contributed by atoms with Crippen molar-refractivity contribution in [3.63, 3.8) is 0 Å². The lowest BCUT2D eigenvalue weighted by molar-refractivity contribution is 0.100. The number of hydrogen-bond donors (Lipinski definition) is 5. The van der Waals surface area contributed by atoms with Crippen LogP contribution in [-0.4, -0.2) is 40.1 Å². The maximum Gasteiger partial charge on any atom is 0.252 e. The molecule has 3 aromatic heterocycles. The molecule has 0 bridgehead atoms. The minimum Gasteiger partial charge on any atom is -0.479 e. The number of hydrogen-bond acceptors (Lipinski definition) is 7. The molecule has 9 nitrogen and oxygen atoms in total. The maximum atomic E-state index is 14.7. The van der Waals surface area contributed by atoms with Gasteiger partial charge in [-0.2, -0.15) is 0 Å². The highest BCUT2D eigenvalue weighted by atomic mass is 19.1. The minimum atomic E-state index is -0.795. The van der Waals surface area contributed by atoms with Crippen LogP contribution < -0.4 is 26.8 Å². The number of amides is 1. The first kappa shape index (κ1) is 19.9. The molecule has 0 aliphatic heterocycles. The van der Waals surface area contributed by atoms with Crippen molar-refractivity contribution >= 4 is 34.1 Å². The van der Waals surface area contributed by atoms with Crippen LogP contribution in [0.25, 0.3) is 10.9 Å². The Kier molecular flexibility index (Phi) is 5.40. The lowest BCUT2D eigenvalue weighted by Gasteiger charge is -2.30. The van der Waals surface area contributed by atoms with Crippen LogP contribution in [0.2, 0.25) is 0 Å². The van der Waals surface area contributed by atoms with E-state index in [4.69, 9.17) is 16.2 Å². The second-order valence-corrected chi connectivity index (χ2v) is 7.35.